The van der Waals surface area contributed by atoms with Gasteiger partial charge in [0.1, 0.15) is 11.4 Å². The molecule has 2 fully saturated rings. The maximum absolute atomic E-state index is 13.3. The third-order valence-electron chi connectivity index (χ3n) is 8.13. The number of amides is 1. The van der Waals surface area contributed by atoms with E-state index >= 15 is 0 Å². The van der Waals surface area contributed by atoms with Gasteiger partial charge in [0.25, 0.3) is 0 Å². The van der Waals surface area contributed by atoms with Crippen LogP contribution in [0.15, 0.2) is 84.9 Å². The monoisotopic (exact) mass is 483 g/mol. The lowest BCUT2D eigenvalue weighted by molar-refractivity contribution is 0.0281. The summed E-state index contributed by atoms with van der Waals surface area (Å²) >= 11 is 0. The van der Waals surface area contributed by atoms with Crippen LogP contribution >= 0.6 is 0 Å². The average Bonchev–Trinajstić information content (AvgIpc) is 3.35. The molecule has 188 valence electrons. The van der Waals surface area contributed by atoms with Gasteiger partial charge in [-0.05, 0) is 74.1 Å². The number of hydrogen-bond donors (Lipinski definition) is 0. The molecule has 36 heavy (non-hydrogen) atoms. The smallest absolute Gasteiger partial charge is 0.410 e. The third kappa shape index (κ3) is 4.38. The minimum absolute atomic E-state index is 0.178. The van der Waals surface area contributed by atoms with Crippen molar-refractivity contribution in [2.75, 3.05) is 20.2 Å². The predicted molar refractivity (Wildman–Crippen MR) is 143 cm³/mol. The van der Waals surface area contributed by atoms with Crippen LogP contribution in [-0.4, -0.2) is 36.8 Å². The number of carbonyl (C=O) groups excluding carboxylic acids is 1. The van der Waals surface area contributed by atoms with Crippen LogP contribution in [0.2, 0.25) is 0 Å². The first-order chi connectivity index (χ1) is 17.3. The Morgan fingerprint density at radius 1 is 0.861 bits per heavy atom. The summed E-state index contributed by atoms with van der Waals surface area (Å²) in [6.45, 7) is 7.16. The molecule has 1 heterocycles. The number of carbonyl (C=O) groups is 1. The zero-order valence-corrected chi connectivity index (χ0v) is 21.8. The number of ether oxygens (including phenoxy) is 2. The molecular weight excluding hydrogens is 446 g/mol. The lowest BCUT2D eigenvalue weighted by Gasteiger charge is -2.49. The van der Waals surface area contributed by atoms with Gasteiger partial charge >= 0.3 is 6.09 Å². The summed E-state index contributed by atoms with van der Waals surface area (Å²) in [6.07, 6.45) is 1.81. The van der Waals surface area contributed by atoms with Crippen LogP contribution in [0.3, 0.4) is 0 Å². The number of nitrogens with zero attached hydrogens (tertiary/aromatic N) is 1. The van der Waals surface area contributed by atoms with Crippen LogP contribution in [0.5, 0.6) is 5.75 Å². The van der Waals surface area contributed by atoms with Crippen molar-refractivity contribution in [2.45, 2.75) is 50.5 Å². The first-order valence-electron chi connectivity index (χ1n) is 13.1. The minimum atomic E-state index is -0.525. The van der Waals surface area contributed by atoms with Crippen LogP contribution in [0, 0.1) is 11.8 Å². The predicted octanol–water partition coefficient (Wildman–Crippen LogP) is 7.04. The zero-order chi connectivity index (χ0) is 25.3. The Kier molecular flexibility index (Phi) is 6.55. The number of fused-ring (bicyclic) bond motifs is 1. The van der Waals surface area contributed by atoms with Gasteiger partial charge < -0.3 is 14.4 Å². The van der Waals surface area contributed by atoms with E-state index in [-0.39, 0.29) is 23.3 Å². The van der Waals surface area contributed by atoms with Crippen LogP contribution in [0.4, 0.5) is 4.79 Å². The second-order valence-corrected chi connectivity index (χ2v) is 11.2. The Balaban J connectivity index is 1.63. The van der Waals surface area contributed by atoms with Crippen molar-refractivity contribution in [3.8, 4) is 5.75 Å². The van der Waals surface area contributed by atoms with E-state index in [2.05, 4.69) is 78.9 Å². The molecule has 4 nitrogen and oxygen atoms in total. The van der Waals surface area contributed by atoms with Crippen molar-refractivity contribution >= 4 is 6.09 Å². The Labute approximate surface area is 215 Å². The molecule has 0 spiro atoms. The van der Waals surface area contributed by atoms with Crippen molar-refractivity contribution in [1.82, 2.24) is 4.90 Å². The third-order valence-corrected chi connectivity index (χ3v) is 8.13. The molecule has 3 aromatic carbocycles. The van der Waals surface area contributed by atoms with Crippen LogP contribution in [0.1, 0.15) is 56.2 Å². The van der Waals surface area contributed by atoms with Crippen molar-refractivity contribution < 1.29 is 14.3 Å². The van der Waals surface area contributed by atoms with E-state index in [0.717, 1.165) is 18.6 Å². The van der Waals surface area contributed by atoms with E-state index in [4.69, 9.17) is 9.47 Å². The summed E-state index contributed by atoms with van der Waals surface area (Å²) in [6, 6.07) is 30.2. The van der Waals surface area contributed by atoms with E-state index < -0.39 is 5.60 Å². The Bertz CT molecular complexity index is 1150. The van der Waals surface area contributed by atoms with E-state index in [1.165, 1.54) is 16.7 Å². The molecule has 1 amide bonds. The molecule has 0 unspecified atom stereocenters. The summed E-state index contributed by atoms with van der Waals surface area (Å²) in [4.78, 5) is 15.3. The Hall–Kier alpha value is -3.27. The van der Waals surface area contributed by atoms with Crippen molar-refractivity contribution in [3.05, 3.63) is 102 Å². The molecule has 5 rings (SSSR count). The van der Waals surface area contributed by atoms with Gasteiger partial charge in [-0.15, -0.1) is 0 Å². The molecule has 4 heteroatoms. The first-order valence-corrected chi connectivity index (χ1v) is 13.1. The molecular formula is C32H37NO3. The molecule has 3 atom stereocenters. The largest absolute Gasteiger partial charge is 0.496 e. The number of benzene rings is 3. The SMILES string of the molecule is COc1ccccc1[C@H]1CCC(c2ccccc2)(c2ccccc2)[C@H]2CN(C(=O)OC(C)(C)C)C[C@@H]12. The number of methoxy groups -OCH3 is 1. The molecule has 0 bridgehead atoms. The summed E-state index contributed by atoms with van der Waals surface area (Å²) in [5.74, 6) is 1.77. The van der Waals surface area contributed by atoms with Gasteiger partial charge in [0, 0.05) is 18.5 Å². The molecule has 0 N–H and O–H groups in total. The number of likely N-dealkylation sites (tertiary alicyclic amines) is 1. The van der Waals surface area contributed by atoms with E-state index in [1.54, 1.807) is 7.11 Å². The normalized spacial score (nSPS) is 23.1. The summed E-state index contributed by atoms with van der Waals surface area (Å²) < 4.78 is 11.7. The van der Waals surface area contributed by atoms with Crippen LogP contribution in [0.25, 0.3) is 0 Å². The fraction of sp³-hybridized carbons (Fsp3) is 0.406. The molecule has 2 aliphatic rings. The molecule has 1 aliphatic carbocycles. The highest BCUT2D eigenvalue weighted by Gasteiger charge is 2.56. The van der Waals surface area contributed by atoms with E-state index in [0.29, 0.717) is 19.0 Å². The highest BCUT2D eigenvalue weighted by molar-refractivity contribution is 5.69. The molecule has 0 radical (unpaired) electrons. The van der Waals surface area contributed by atoms with Gasteiger partial charge in [0.15, 0.2) is 0 Å². The zero-order valence-electron chi connectivity index (χ0n) is 21.8. The quantitative estimate of drug-likeness (QED) is 0.399. The standard InChI is InChI=1S/C32H37NO3/c1-31(2,3)36-30(34)33-21-27-25(26-17-11-12-18-29(26)35-4)19-20-32(28(27)22-33,23-13-7-5-8-14-23)24-15-9-6-10-16-24/h5-18,25,27-28H,19-22H2,1-4H3/t25-,27+,28+/m1/s1. The van der Waals surface area contributed by atoms with Gasteiger partial charge in [-0.2, -0.15) is 0 Å². The fourth-order valence-electron chi connectivity index (χ4n) is 6.73. The number of hydrogen-bond acceptors (Lipinski definition) is 3. The molecule has 0 aromatic heterocycles. The highest BCUT2D eigenvalue weighted by Crippen LogP contribution is 2.58. The molecule has 1 saturated heterocycles. The maximum Gasteiger partial charge on any atom is 0.410 e. The van der Waals surface area contributed by atoms with Crippen LogP contribution in [-0.2, 0) is 10.2 Å². The van der Waals surface area contributed by atoms with Crippen LogP contribution < -0.4 is 4.74 Å². The summed E-state index contributed by atoms with van der Waals surface area (Å²) in [5, 5.41) is 0. The number of para-hydroxylation sites is 1. The summed E-state index contributed by atoms with van der Waals surface area (Å²) in [5.41, 5.74) is 3.20. The average molecular weight is 484 g/mol. The minimum Gasteiger partial charge on any atom is -0.496 e. The van der Waals surface area contributed by atoms with Gasteiger partial charge in [0.05, 0.1) is 7.11 Å². The second-order valence-electron chi connectivity index (χ2n) is 11.2. The fourth-order valence-corrected chi connectivity index (χ4v) is 6.73. The lowest BCUT2D eigenvalue weighted by atomic mass is 9.53. The van der Waals surface area contributed by atoms with Crippen molar-refractivity contribution in [1.29, 1.82) is 0 Å². The first kappa shape index (κ1) is 24.4. The summed E-state index contributed by atoms with van der Waals surface area (Å²) in [7, 11) is 1.75. The maximum atomic E-state index is 13.3. The van der Waals surface area contributed by atoms with E-state index in [9.17, 15) is 4.79 Å². The highest BCUT2D eigenvalue weighted by atomic mass is 16.6. The Morgan fingerprint density at radius 2 is 1.44 bits per heavy atom. The van der Waals surface area contributed by atoms with Gasteiger partial charge in [-0.1, -0.05) is 78.9 Å². The number of rotatable bonds is 4. The molecule has 3 aromatic rings. The lowest BCUT2D eigenvalue weighted by Crippen LogP contribution is -2.46. The molecule has 1 aliphatic heterocycles. The van der Waals surface area contributed by atoms with Crippen molar-refractivity contribution in [2.24, 2.45) is 11.8 Å². The van der Waals surface area contributed by atoms with E-state index in [1.807, 2.05) is 31.7 Å². The molecule has 1 saturated carbocycles. The Morgan fingerprint density at radius 3 is 2.03 bits per heavy atom. The second kappa shape index (κ2) is 9.65. The topological polar surface area (TPSA) is 38.8 Å². The van der Waals surface area contributed by atoms with Gasteiger partial charge in [-0.25, -0.2) is 4.79 Å². The van der Waals surface area contributed by atoms with Gasteiger partial charge in [0.2, 0.25) is 0 Å². The van der Waals surface area contributed by atoms with Gasteiger partial charge in [-0.3, -0.25) is 0 Å². The van der Waals surface area contributed by atoms with Crippen molar-refractivity contribution in [3.63, 3.8) is 0 Å².